The average molecular weight is 313 g/mol. The van der Waals surface area contributed by atoms with Crippen LogP contribution in [0, 0.1) is 0 Å². The number of thioether (sulfide) groups is 1. The molecule has 1 aliphatic rings. The largest absolute Gasteiger partial charge is 0.394 e. The van der Waals surface area contributed by atoms with Gasteiger partial charge in [-0.05, 0) is 6.26 Å². The normalized spacial score (nSPS) is 29.3. The Bertz CT molecular complexity index is 665. The minimum absolute atomic E-state index is 0.223. The van der Waals surface area contributed by atoms with Crippen molar-refractivity contribution in [1.82, 2.24) is 19.5 Å². The predicted octanol–water partition coefficient (Wildman–Crippen LogP) is -1.26. The summed E-state index contributed by atoms with van der Waals surface area (Å²) in [6, 6.07) is 0. The molecule has 0 bridgehead atoms. The van der Waals surface area contributed by atoms with Gasteiger partial charge in [-0.15, -0.1) is 0 Å². The number of nitrogens with zero attached hydrogens (tertiary/aromatic N) is 4. The molecule has 9 nitrogen and oxygen atoms in total. The molecule has 1 unspecified atom stereocenters. The van der Waals surface area contributed by atoms with Crippen molar-refractivity contribution in [3.05, 3.63) is 6.33 Å². The molecule has 1 aliphatic heterocycles. The fourth-order valence-electron chi connectivity index (χ4n) is 2.37. The molecule has 2 aromatic rings. The molecular formula is C11H15N5O4S. The third-order valence-electron chi connectivity index (χ3n) is 3.43. The van der Waals surface area contributed by atoms with E-state index in [0.717, 1.165) is 0 Å². The van der Waals surface area contributed by atoms with Crippen molar-refractivity contribution >= 4 is 28.7 Å². The van der Waals surface area contributed by atoms with Crippen LogP contribution in [0.3, 0.4) is 0 Å². The lowest BCUT2D eigenvalue weighted by molar-refractivity contribution is -0.0548. The van der Waals surface area contributed by atoms with Crippen LogP contribution in [-0.2, 0) is 4.74 Å². The van der Waals surface area contributed by atoms with Gasteiger partial charge in [0.25, 0.3) is 0 Å². The summed E-state index contributed by atoms with van der Waals surface area (Å²) in [6.07, 6.45) is -1.06. The summed E-state index contributed by atoms with van der Waals surface area (Å²) in [5.41, 5.74) is 6.59. The molecule has 1 saturated heterocycles. The minimum Gasteiger partial charge on any atom is -0.394 e. The summed E-state index contributed by atoms with van der Waals surface area (Å²) in [6.45, 7) is -0.396. The van der Waals surface area contributed by atoms with E-state index in [9.17, 15) is 15.3 Å². The van der Waals surface area contributed by atoms with Crippen LogP contribution in [0.1, 0.15) is 6.23 Å². The Labute approximate surface area is 123 Å². The van der Waals surface area contributed by atoms with Crippen molar-refractivity contribution in [1.29, 1.82) is 0 Å². The first-order chi connectivity index (χ1) is 10.1. The second-order valence-electron chi connectivity index (χ2n) is 4.63. The second kappa shape index (κ2) is 5.39. The molecular weight excluding hydrogens is 298 g/mol. The second-order valence-corrected chi connectivity index (χ2v) is 5.40. The summed E-state index contributed by atoms with van der Waals surface area (Å²) in [5.74, 6) is 0.223. The maximum Gasteiger partial charge on any atom is 0.172 e. The van der Waals surface area contributed by atoms with E-state index < -0.39 is 31.1 Å². The number of hydrogen-bond donors (Lipinski definition) is 4. The maximum absolute atomic E-state index is 10.2. The zero-order chi connectivity index (χ0) is 15.1. The molecule has 0 amide bonds. The summed E-state index contributed by atoms with van der Waals surface area (Å²) in [7, 11) is 0. The van der Waals surface area contributed by atoms with E-state index in [1.165, 1.54) is 18.1 Å². The fraction of sp³-hybridized carbons (Fsp3) is 0.545. The molecule has 5 N–H and O–H groups in total. The predicted molar refractivity (Wildman–Crippen MR) is 74.5 cm³/mol. The van der Waals surface area contributed by atoms with E-state index in [1.54, 1.807) is 4.57 Å². The number of rotatable bonds is 3. The Morgan fingerprint density at radius 2 is 2.14 bits per heavy atom. The topological polar surface area (TPSA) is 140 Å². The number of hydrogen-bond acceptors (Lipinski definition) is 9. The van der Waals surface area contributed by atoms with Gasteiger partial charge in [0, 0.05) is 0 Å². The summed E-state index contributed by atoms with van der Waals surface area (Å²) < 4.78 is 7.09. The van der Waals surface area contributed by atoms with Crippen molar-refractivity contribution in [2.24, 2.45) is 0 Å². The smallest absolute Gasteiger partial charge is 0.172 e. The lowest BCUT2D eigenvalue weighted by Gasteiger charge is -2.18. The number of anilines is 1. The number of aliphatic hydroxyl groups is 3. The van der Waals surface area contributed by atoms with E-state index >= 15 is 0 Å². The van der Waals surface area contributed by atoms with E-state index in [2.05, 4.69) is 15.0 Å². The number of ether oxygens (including phenoxy) is 1. The highest BCUT2D eigenvalue weighted by Gasteiger charge is 2.44. The molecule has 114 valence electrons. The van der Waals surface area contributed by atoms with Gasteiger partial charge in [-0.1, -0.05) is 11.8 Å². The Kier molecular flexibility index (Phi) is 3.71. The van der Waals surface area contributed by atoms with Gasteiger partial charge in [0.05, 0.1) is 6.61 Å². The van der Waals surface area contributed by atoms with Gasteiger partial charge in [-0.2, -0.15) is 0 Å². The SMILES string of the molecule is CSc1nc2c(N)ncnc2n1[C@@H]1O[C@H](CO)C(O)[C@@H]1O. The van der Waals surface area contributed by atoms with Crippen LogP contribution < -0.4 is 5.73 Å². The van der Waals surface area contributed by atoms with Gasteiger partial charge in [-0.3, -0.25) is 4.57 Å². The Morgan fingerprint density at radius 3 is 2.76 bits per heavy atom. The Balaban J connectivity index is 2.14. The highest BCUT2D eigenvalue weighted by molar-refractivity contribution is 7.98. The quantitative estimate of drug-likeness (QED) is 0.511. The molecule has 10 heteroatoms. The van der Waals surface area contributed by atoms with Crippen LogP contribution in [0.15, 0.2) is 11.5 Å². The first kappa shape index (κ1) is 14.5. The van der Waals surface area contributed by atoms with Crippen LogP contribution in [0.25, 0.3) is 11.2 Å². The summed E-state index contributed by atoms with van der Waals surface area (Å²) in [5, 5.41) is 29.7. The molecule has 2 aromatic heterocycles. The number of nitrogen functional groups attached to an aromatic ring is 1. The van der Waals surface area contributed by atoms with Gasteiger partial charge in [0.1, 0.15) is 24.6 Å². The number of nitrogens with two attached hydrogens (primary N) is 1. The highest BCUT2D eigenvalue weighted by atomic mass is 32.2. The number of fused-ring (bicyclic) bond motifs is 1. The van der Waals surface area contributed by atoms with Gasteiger partial charge in [0.2, 0.25) is 0 Å². The van der Waals surface area contributed by atoms with E-state index in [0.29, 0.717) is 16.3 Å². The third kappa shape index (κ3) is 2.15. The summed E-state index contributed by atoms with van der Waals surface area (Å²) >= 11 is 1.32. The van der Waals surface area contributed by atoms with Crippen LogP contribution in [0.4, 0.5) is 5.82 Å². The highest BCUT2D eigenvalue weighted by Crippen LogP contribution is 2.35. The minimum atomic E-state index is -1.21. The van der Waals surface area contributed by atoms with E-state index in [1.807, 2.05) is 6.26 Å². The Hall–Kier alpha value is -1.46. The monoisotopic (exact) mass is 313 g/mol. The molecule has 0 saturated carbocycles. The van der Waals surface area contributed by atoms with E-state index in [-0.39, 0.29) is 5.82 Å². The fourth-order valence-corrected chi connectivity index (χ4v) is 2.94. The molecule has 4 atom stereocenters. The lowest BCUT2D eigenvalue weighted by Crippen LogP contribution is -2.33. The molecule has 1 fully saturated rings. The molecule has 0 aromatic carbocycles. The zero-order valence-corrected chi connectivity index (χ0v) is 11.9. The van der Waals surface area contributed by atoms with Crippen molar-refractivity contribution in [3.63, 3.8) is 0 Å². The Morgan fingerprint density at radius 1 is 1.38 bits per heavy atom. The van der Waals surface area contributed by atoms with Crippen LogP contribution in [0.2, 0.25) is 0 Å². The van der Waals surface area contributed by atoms with Crippen molar-refractivity contribution in [2.45, 2.75) is 29.7 Å². The van der Waals surface area contributed by atoms with Crippen LogP contribution in [-0.4, -0.2) is 66.0 Å². The van der Waals surface area contributed by atoms with Crippen molar-refractivity contribution in [2.75, 3.05) is 18.6 Å². The molecule has 0 aliphatic carbocycles. The standard InChI is InChI=1S/C11H15N5O4S/c1-21-11-15-5-8(12)13-3-14-9(5)16(11)10-7(19)6(18)4(2-17)20-10/h3-4,6-7,10,17-19H,2H2,1H3,(H2,12,13,14)/t4-,6?,7+,10-/m1/s1. The first-order valence-corrected chi connectivity index (χ1v) is 7.45. The maximum atomic E-state index is 10.2. The lowest BCUT2D eigenvalue weighted by atomic mass is 10.1. The van der Waals surface area contributed by atoms with Gasteiger partial charge in [-0.25, -0.2) is 15.0 Å². The van der Waals surface area contributed by atoms with E-state index in [4.69, 9.17) is 10.5 Å². The van der Waals surface area contributed by atoms with Crippen molar-refractivity contribution in [3.8, 4) is 0 Å². The first-order valence-electron chi connectivity index (χ1n) is 6.23. The van der Waals surface area contributed by atoms with Gasteiger partial charge < -0.3 is 25.8 Å². The molecule has 0 spiro atoms. The zero-order valence-electron chi connectivity index (χ0n) is 11.1. The van der Waals surface area contributed by atoms with Gasteiger partial charge in [0.15, 0.2) is 28.4 Å². The average Bonchev–Trinajstić information content (AvgIpc) is 2.99. The van der Waals surface area contributed by atoms with Crippen molar-refractivity contribution < 1.29 is 20.1 Å². The molecule has 0 radical (unpaired) electrons. The van der Waals surface area contributed by atoms with Crippen LogP contribution >= 0.6 is 11.8 Å². The summed E-state index contributed by atoms with van der Waals surface area (Å²) in [4.78, 5) is 12.3. The molecule has 3 rings (SSSR count). The number of aliphatic hydroxyl groups excluding tert-OH is 3. The molecule has 21 heavy (non-hydrogen) atoms. The van der Waals surface area contributed by atoms with Gasteiger partial charge >= 0.3 is 0 Å². The number of imidazole rings is 1. The van der Waals surface area contributed by atoms with Crippen LogP contribution in [0.5, 0.6) is 0 Å². The number of aromatic nitrogens is 4. The molecule has 3 heterocycles. The third-order valence-corrected chi connectivity index (χ3v) is 4.08.